The third-order valence-electron chi connectivity index (χ3n) is 3.22. The third kappa shape index (κ3) is 3.12. The Hall–Kier alpha value is -2.17. The Kier molecular flexibility index (Phi) is 4.11. The number of aryl methyl sites for hydroxylation is 2. The second-order valence-electron chi connectivity index (χ2n) is 4.81. The van der Waals surface area contributed by atoms with Crippen LogP contribution in [0.2, 0.25) is 0 Å². The Labute approximate surface area is 124 Å². The van der Waals surface area contributed by atoms with Gasteiger partial charge in [0.15, 0.2) is 5.03 Å². The van der Waals surface area contributed by atoms with Crippen molar-refractivity contribution in [2.45, 2.75) is 18.5 Å². The van der Waals surface area contributed by atoms with Gasteiger partial charge in [-0.25, -0.2) is 13.4 Å². The SMILES string of the molecule is Cc1nc(S(=O)(=O)N(C)Cc2cccc(C#N)c2)cn1C. The Bertz CT molecular complexity index is 783. The smallest absolute Gasteiger partial charge is 0.262 e. The minimum atomic E-state index is -3.64. The molecule has 7 heteroatoms. The summed E-state index contributed by atoms with van der Waals surface area (Å²) < 4.78 is 27.8. The predicted molar refractivity (Wildman–Crippen MR) is 77.8 cm³/mol. The van der Waals surface area contributed by atoms with Gasteiger partial charge in [-0.15, -0.1) is 0 Å². The maximum atomic E-state index is 12.4. The van der Waals surface area contributed by atoms with Crippen LogP contribution in [-0.2, 0) is 23.6 Å². The van der Waals surface area contributed by atoms with Gasteiger partial charge in [0.05, 0.1) is 11.6 Å². The molecule has 0 saturated carbocycles. The van der Waals surface area contributed by atoms with Crippen LogP contribution in [-0.4, -0.2) is 29.3 Å². The maximum absolute atomic E-state index is 12.4. The molecule has 0 atom stereocenters. The normalized spacial score (nSPS) is 11.6. The molecular formula is C14H16N4O2S. The van der Waals surface area contributed by atoms with Gasteiger partial charge in [-0.3, -0.25) is 0 Å². The highest BCUT2D eigenvalue weighted by molar-refractivity contribution is 7.89. The summed E-state index contributed by atoms with van der Waals surface area (Å²) in [5.74, 6) is 0.633. The molecule has 1 heterocycles. The van der Waals surface area contributed by atoms with E-state index in [9.17, 15) is 8.42 Å². The lowest BCUT2D eigenvalue weighted by molar-refractivity contribution is 0.464. The molecule has 0 saturated heterocycles. The molecule has 1 aromatic carbocycles. The van der Waals surface area contributed by atoms with Crippen molar-refractivity contribution in [1.29, 1.82) is 5.26 Å². The second-order valence-corrected chi connectivity index (χ2v) is 6.80. The van der Waals surface area contributed by atoms with Crippen molar-refractivity contribution >= 4 is 10.0 Å². The molecule has 6 nitrogen and oxygen atoms in total. The Morgan fingerprint density at radius 1 is 1.43 bits per heavy atom. The highest BCUT2D eigenvalue weighted by atomic mass is 32.2. The van der Waals surface area contributed by atoms with Crippen molar-refractivity contribution < 1.29 is 8.42 Å². The van der Waals surface area contributed by atoms with E-state index in [0.717, 1.165) is 5.56 Å². The summed E-state index contributed by atoms with van der Waals surface area (Å²) in [6, 6.07) is 8.92. The molecule has 0 amide bonds. The number of imidazole rings is 1. The molecule has 1 aromatic heterocycles. The average Bonchev–Trinajstić information content (AvgIpc) is 2.79. The third-order valence-corrected chi connectivity index (χ3v) is 4.90. The van der Waals surface area contributed by atoms with Crippen LogP contribution in [0.15, 0.2) is 35.5 Å². The summed E-state index contributed by atoms with van der Waals surface area (Å²) in [4.78, 5) is 4.06. The number of sulfonamides is 1. The predicted octanol–water partition coefficient (Wildman–Crippen LogP) is 1.42. The van der Waals surface area contributed by atoms with Crippen LogP contribution in [0.1, 0.15) is 17.0 Å². The van der Waals surface area contributed by atoms with Gasteiger partial charge in [-0.05, 0) is 24.6 Å². The van der Waals surface area contributed by atoms with Gasteiger partial charge in [-0.1, -0.05) is 12.1 Å². The molecule has 0 aliphatic heterocycles. The Balaban J connectivity index is 2.26. The summed E-state index contributed by atoms with van der Waals surface area (Å²) in [6.07, 6.45) is 1.49. The summed E-state index contributed by atoms with van der Waals surface area (Å²) >= 11 is 0. The van der Waals surface area contributed by atoms with E-state index in [4.69, 9.17) is 5.26 Å². The van der Waals surface area contributed by atoms with Crippen LogP contribution in [0.4, 0.5) is 0 Å². The lowest BCUT2D eigenvalue weighted by atomic mass is 10.1. The van der Waals surface area contributed by atoms with E-state index < -0.39 is 10.0 Å². The van der Waals surface area contributed by atoms with Crippen molar-refractivity contribution in [3.63, 3.8) is 0 Å². The summed E-state index contributed by atoms with van der Waals surface area (Å²) in [7, 11) is -0.394. The Morgan fingerprint density at radius 2 is 2.14 bits per heavy atom. The van der Waals surface area contributed by atoms with Crippen LogP contribution in [0.25, 0.3) is 0 Å². The number of rotatable bonds is 4. The quantitative estimate of drug-likeness (QED) is 0.855. The molecule has 110 valence electrons. The monoisotopic (exact) mass is 304 g/mol. The van der Waals surface area contributed by atoms with Gasteiger partial charge >= 0.3 is 0 Å². The highest BCUT2D eigenvalue weighted by Crippen LogP contribution is 2.16. The fourth-order valence-electron chi connectivity index (χ4n) is 1.89. The fraction of sp³-hybridized carbons (Fsp3) is 0.286. The first-order valence-electron chi connectivity index (χ1n) is 6.30. The first kappa shape index (κ1) is 15.2. The van der Waals surface area contributed by atoms with Crippen LogP contribution < -0.4 is 0 Å². The van der Waals surface area contributed by atoms with Gasteiger partial charge in [0, 0.05) is 26.8 Å². The molecule has 2 rings (SSSR count). The number of hydrogen-bond acceptors (Lipinski definition) is 4. The summed E-state index contributed by atoms with van der Waals surface area (Å²) in [6.45, 7) is 1.93. The molecule has 0 aliphatic rings. The number of benzene rings is 1. The highest BCUT2D eigenvalue weighted by Gasteiger charge is 2.24. The zero-order chi connectivity index (χ0) is 15.6. The first-order chi connectivity index (χ1) is 9.84. The largest absolute Gasteiger partial charge is 0.337 e. The van der Waals surface area contributed by atoms with Crippen LogP contribution in [0.5, 0.6) is 0 Å². The maximum Gasteiger partial charge on any atom is 0.262 e. The summed E-state index contributed by atoms with van der Waals surface area (Å²) in [5, 5.41) is 8.90. The minimum absolute atomic E-state index is 0.0291. The molecular weight excluding hydrogens is 288 g/mol. The van der Waals surface area contributed by atoms with Gasteiger partial charge in [0.25, 0.3) is 10.0 Å². The standard InChI is InChI=1S/C14H16N4O2S/c1-11-16-14(10-17(11)2)21(19,20)18(3)9-13-6-4-5-12(7-13)8-15/h4-7,10H,9H2,1-3H3. The fourth-order valence-corrected chi connectivity index (χ4v) is 3.07. The molecule has 21 heavy (non-hydrogen) atoms. The van der Waals surface area contributed by atoms with Gasteiger partial charge < -0.3 is 4.57 Å². The number of nitrogens with zero attached hydrogens (tertiary/aromatic N) is 4. The van der Waals surface area contributed by atoms with Crippen molar-refractivity contribution in [2.24, 2.45) is 7.05 Å². The van der Waals surface area contributed by atoms with Gasteiger partial charge in [0.2, 0.25) is 0 Å². The van der Waals surface area contributed by atoms with Gasteiger partial charge in [0.1, 0.15) is 5.82 Å². The van der Waals surface area contributed by atoms with Crippen LogP contribution in [0.3, 0.4) is 0 Å². The van der Waals surface area contributed by atoms with E-state index >= 15 is 0 Å². The molecule has 0 aliphatic carbocycles. The molecule has 0 unspecified atom stereocenters. The van der Waals surface area contributed by atoms with E-state index in [1.54, 1.807) is 42.8 Å². The molecule has 2 aromatic rings. The van der Waals surface area contributed by atoms with Crippen molar-refractivity contribution in [2.75, 3.05) is 7.05 Å². The Morgan fingerprint density at radius 3 is 2.71 bits per heavy atom. The molecule has 0 bridgehead atoms. The lowest BCUT2D eigenvalue weighted by Gasteiger charge is -2.15. The zero-order valence-electron chi connectivity index (χ0n) is 12.1. The number of aromatic nitrogens is 2. The molecule has 0 radical (unpaired) electrons. The molecule has 0 fully saturated rings. The zero-order valence-corrected chi connectivity index (χ0v) is 12.9. The number of hydrogen-bond donors (Lipinski definition) is 0. The van der Waals surface area contributed by atoms with E-state index in [2.05, 4.69) is 4.98 Å². The van der Waals surface area contributed by atoms with E-state index in [1.165, 1.54) is 17.5 Å². The number of nitriles is 1. The first-order valence-corrected chi connectivity index (χ1v) is 7.74. The second kappa shape index (κ2) is 5.68. The van der Waals surface area contributed by atoms with Crippen molar-refractivity contribution in [1.82, 2.24) is 13.9 Å². The topological polar surface area (TPSA) is 79.0 Å². The van der Waals surface area contributed by atoms with Crippen molar-refractivity contribution in [3.05, 3.63) is 47.4 Å². The van der Waals surface area contributed by atoms with E-state index in [-0.39, 0.29) is 11.6 Å². The average molecular weight is 304 g/mol. The van der Waals surface area contributed by atoms with Gasteiger partial charge in [-0.2, -0.15) is 9.57 Å². The summed E-state index contributed by atoms with van der Waals surface area (Å²) in [5.41, 5.74) is 1.26. The van der Waals surface area contributed by atoms with E-state index in [1.807, 2.05) is 6.07 Å². The van der Waals surface area contributed by atoms with Crippen LogP contribution >= 0.6 is 0 Å². The van der Waals surface area contributed by atoms with E-state index in [0.29, 0.717) is 11.4 Å². The van der Waals surface area contributed by atoms with Crippen LogP contribution in [0, 0.1) is 18.3 Å². The van der Waals surface area contributed by atoms with Crippen molar-refractivity contribution in [3.8, 4) is 6.07 Å². The molecule has 0 spiro atoms. The lowest BCUT2D eigenvalue weighted by Crippen LogP contribution is -2.26. The minimum Gasteiger partial charge on any atom is -0.337 e. The molecule has 0 N–H and O–H groups in total.